The molecule has 0 unspecified atom stereocenters. The van der Waals surface area contributed by atoms with E-state index in [4.69, 9.17) is 4.74 Å². The molecule has 6 nitrogen and oxygen atoms in total. The lowest BCUT2D eigenvalue weighted by Crippen LogP contribution is -2.34. The number of amides is 2. The zero-order valence-electron chi connectivity index (χ0n) is 18.2. The second kappa shape index (κ2) is 8.97. The molecule has 2 N–H and O–H groups in total. The van der Waals surface area contributed by atoms with E-state index in [9.17, 15) is 19.8 Å². The predicted molar refractivity (Wildman–Crippen MR) is 117 cm³/mol. The van der Waals surface area contributed by atoms with Gasteiger partial charge in [-0.05, 0) is 54.5 Å². The molecule has 0 aromatic heterocycles. The third-order valence-corrected chi connectivity index (χ3v) is 6.96. The molecule has 0 spiro atoms. The quantitative estimate of drug-likeness (QED) is 0.517. The number of imide groups is 1. The van der Waals surface area contributed by atoms with Gasteiger partial charge in [0.15, 0.2) is 0 Å². The molecule has 1 aromatic rings. The Morgan fingerprint density at radius 1 is 1.23 bits per heavy atom. The van der Waals surface area contributed by atoms with Gasteiger partial charge in [0, 0.05) is 13.0 Å². The average molecular weight is 426 g/mol. The van der Waals surface area contributed by atoms with Gasteiger partial charge in [0.1, 0.15) is 5.75 Å². The van der Waals surface area contributed by atoms with Crippen LogP contribution in [0.4, 0.5) is 0 Å². The SMILES string of the molecule is CCC/C(=C\c1cccc(O)c1)CC[C@H]1OC[C@H]2C1=C(CO)C[C@H]1C(=O)N(C)C(=O)[C@H]12. The van der Waals surface area contributed by atoms with Crippen molar-refractivity contribution in [1.29, 1.82) is 0 Å². The summed E-state index contributed by atoms with van der Waals surface area (Å²) in [5.41, 5.74) is 4.18. The summed E-state index contributed by atoms with van der Waals surface area (Å²) in [6.07, 6.45) is 6.03. The molecule has 31 heavy (non-hydrogen) atoms. The Kier molecular flexibility index (Phi) is 6.30. The van der Waals surface area contributed by atoms with Crippen LogP contribution in [0, 0.1) is 17.8 Å². The van der Waals surface area contributed by atoms with Gasteiger partial charge >= 0.3 is 0 Å². The third kappa shape index (κ3) is 4.06. The van der Waals surface area contributed by atoms with E-state index in [-0.39, 0.29) is 48.0 Å². The standard InChI is InChI=1S/C25H31NO5/c1-3-5-15(10-16-6-4-7-18(28)11-16)8-9-21-22-17(13-27)12-19-23(20(22)14-31-21)25(30)26(2)24(19)29/h4,6-7,10-11,19-21,23,27-28H,3,5,8-9,12-14H2,1-2H3/b15-10+/t19-,20+,21-,23-/m1/s1. The Morgan fingerprint density at radius 3 is 2.74 bits per heavy atom. The van der Waals surface area contributed by atoms with Crippen LogP contribution in [0.25, 0.3) is 6.08 Å². The van der Waals surface area contributed by atoms with Gasteiger partial charge in [-0.25, -0.2) is 0 Å². The van der Waals surface area contributed by atoms with Crippen molar-refractivity contribution in [3.63, 3.8) is 0 Å². The van der Waals surface area contributed by atoms with Crippen LogP contribution < -0.4 is 0 Å². The molecule has 0 saturated carbocycles. The van der Waals surface area contributed by atoms with Crippen molar-refractivity contribution in [2.75, 3.05) is 20.3 Å². The largest absolute Gasteiger partial charge is 0.508 e. The predicted octanol–water partition coefficient (Wildman–Crippen LogP) is 3.29. The number of fused-ring (bicyclic) bond motifs is 3. The van der Waals surface area contributed by atoms with Gasteiger partial charge in [-0.3, -0.25) is 14.5 Å². The number of likely N-dealkylation sites (tertiary alicyclic amines) is 1. The second-order valence-corrected chi connectivity index (χ2v) is 8.90. The van der Waals surface area contributed by atoms with Crippen molar-refractivity contribution < 1.29 is 24.5 Å². The minimum absolute atomic E-state index is 0.0962. The first-order valence-corrected chi connectivity index (χ1v) is 11.2. The number of hydrogen-bond acceptors (Lipinski definition) is 5. The monoisotopic (exact) mass is 425 g/mol. The molecular formula is C25H31NO5. The zero-order valence-corrected chi connectivity index (χ0v) is 18.2. The first-order chi connectivity index (χ1) is 14.9. The normalized spacial score (nSPS) is 28.4. The fourth-order valence-corrected chi connectivity index (χ4v) is 5.53. The minimum Gasteiger partial charge on any atom is -0.508 e. The van der Waals surface area contributed by atoms with E-state index in [1.807, 2.05) is 12.1 Å². The van der Waals surface area contributed by atoms with Crippen molar-refractivity contribution in [2.45, 2.75) is 45.1 Å². The molecule has 2 fully saturated rings. The number of aromatic hydroxyl groups is 1. The van der Waals surface area contributed by atoms with Gasteiger partial charge in [0.25, 0.3) is 0 Å². The Labute approximate surface area is 183 Å². The van der Waals surface area contributed by atoms with E-state index in [2.05, 4.69) is 13.0 Å². The lowest BCUT2D eigenvalue weighted by atomic mass is 9.69. The molecule has 0 radical (unpaired) electrons. The van der Waals surface area contributed by atoms with Gasteiger partial charge < -0.3 is 14.9 Å². The first-order valence-electron chi connectivity index (χ1n) is 11.2. The van der Waals surface area contributed by atoms with Crippen molar-refractivity contribution in [1.82, 2.24) is 4.90 Å². The van der Waals surface area contributed by atoms with Crippen molar-refractivity contribution >= 4 is 17.9 Å². The Hall–Kier alpha value is -2.44. The first kappa shape index (κ1) is 21.8. The maximum Gasteiger partial charge on any atom is 0.233 e. The van der Waals surface area contributed by atoms with Gasteiger partial charge in [0.05, 0.1) is 31.2 Å². The van der Waals surface area contributed by atoms with Gasteiger partial charge in [-0.15, -0.1) is 0 Å². The molecule has 1 aliphatic carbocycles. The van der Waals surface area contributed by atoms with Crippen LogP contribution >= 0.6 is 0 Å². The molecule has 6 heteroatoms. The Bertz CT molecular complexity index is 934. The maximum absolute atomic E-state index is 12.7. The van der Waals surface area contributed by atoms with Crippen LogP contribution in [-0.4, -0.2) is 53.3 Å². The Morgan fingerprint density at radius 2 is 2.03 bits per heavy atom. The van der Waals surface area contributed by atoms with Gasteiger partial charge in [-0.2, -0.15) is 0 Å². The topological polar surface area (TPSA) is 87.1 Å². The average Bonchev–Trinajstić information content (AvgIpc) is 3.27. The number of rotatable bonds is 7. The summed E-state index contributed by atoms with van der Waals surface area (Å²) < 4.78 is 6.14. The third-order valence-electron chi connectivity index (χ3n) is 6.96. The number of aliphatic hydroxyl groups is 1. The smallest absolute Gasteiger partial charge is 0.233 e. The Balaban J connectivity index is 1.53. The summed E-state index contributed by atoms with van der Waals surface area (Å²) in [7, 11) is 1.55. The van der Waals surface area contributed by atoms with Crippen LogP contribution in [0.1, 0.15) is 44.6 Å². The van der Waals surface area contributed by atoms with E-state index in [1.165, 1.54) is 10.5 Å². The highest BCUT2D eigenvalue weighted by Gasteiger charge is 2.55. The molecule has 2 heterocycles. The van der Waals surface area contributed by atoms with Crippen molar-refractivity contribution in [2.24, 2.45) is 17.8 Å². The van der Waals surface area contributed by atoms with Crippen LogP contribution in [0.5, 0.6) is 5.75 Å². The number of carbonyl (C=O) groups is 2. The number of allylic oxidation sites excluding steroid dienone is 1. The fraction of sp³-hybridized carbons (Fsp3) is 0.520. The van der Waals surface area contributed by atoms with E-state index < -0.39 is 0 Å². The lowest BCUT2D eigenvalue weighted by Gasteiger charge is -2.31. The van der Waals surface area contributed by atoms with Crippen molar-refractivity contribution in [3.05, 3.63) is 46.5 Å². The van der Waals surface area contributed by atoms with Crippen LogP contribution in [-0.2, 0) is 14.3 Å². The molecule has 166 valence electrons. The second-order valence-electron chi connectivity index (χ2n) is 8.90. The van der Waals surface area contributed by atoms with Crippen LogP contribution in [0.15, 0.2) is 41.0 Å². The molecule has 4 atom stereocenters. The zero-order chi connectivity index (χ0) is 22.1. The summed E-state index contributed by atoms with van der Waals surface area (Å²) in [6, 6.07) is 7.23. The summed E-state index contributed by atoms with van der Waals surface area (Å²) in [4.78, 5) is 26.5. The summed E-state index contributed by atoms with van der Waals surface area (Å²) >= 11 is 0. The molecule has 2 saturated heterocycles. The summed E-state index contributed by atoms with van der Waals surface area (Å²) in [5.74, 6) is -0.835. The van der Waals surface area contributed by atoms with E-state index >= 15 is 0 Å². The number of phenolic OH excluding ortho intramolecular Hbond substituents is 1. The number of ether oxygens (including phenoxy) is 1. The highest BCUT2D eigenvalue weighted by atomic mass is 16.5. The summed E-state index contributed by atoms with van der Waals surface area (Å²) in [6.45, 7) is 2.48. The number of nitrogens with zero attached hydrogens (tertiary/aromatic N) is 1. The molecule has 1 aromatic carbocycles. The van der Waals surface area contributed by atoms with Gasteiger partial charge in [0.2, 0.25) is 11.8 Å². The fourth-order valence-electron chi connectivity index (χ4n) is 5.53. The molecular weight excluding hydrogens is 394 g/mol. The highest BCUT2D eigenvalue weighted by Crippen LogP contribution is 2.49. The number of benzene rings is 1. The van der Waals surface area contributed by atoms with E-state index in [0.717, 1.165) is 42.4 Å². The number of hydrogen-bond donors (Lipinski definition) is 2. The highest BCUT2D eigenvalue weighted by molar-refractivity contribution is 6.05. The minimum atomic E-state index is -0.364. The van der Waals surface area contributed by atoms with Crippen LogP contribution in [0.2, 0.25) is 0 Å². The molecule has 3 aliphatic rings. The number of phenols is 1. The van der Waals surface area contributed by atoms with Gasteiger partial charge in [-0.1, -0.05) is 37.1 Å². The maximum atomic E-state index is 12.7. The van der Waals surface area contributed by atoms with Crippen molar-refractivity contribution in [3.8, 4) is 5.75 Å². The lowest BCUT2D eigenvalue weighted by molar-refractivity contribution is -0.138. The molecule has 2 amide bonds. The van der Waals surface area contributed by atoms with E-state index in [0.29, 0.717) is 13.0 Å². The molecule has 2 aliphatic heterocycles. The molecule has 4 rings (SSSR count). The number of carbonyl (C=O) groups excluding carboxylic acids is 2. The van der Waals surface area contributed by atoms with E-state index in [1.54, 1.807) is 19.2 Å². The van der Waals surface area contributed by atoms with Crippen LogP contribution in [0.3, 0.4) is 0 Å². The number of aliphatic hydroxyl groups excluding tert-OH is 1. The summed E-state index contributed by atoms with van der Waals surface area (Å²) in [5, 5.41) is 19.8. The molecule has 0 bridgehead atoms.